The molecule has 262 valence electrons. The van der Waals surface area contributed by atoms with Crippen molar-refractivity contribution >= 4 is 17.0 Å². The minimum atomic E-state index is -0.692. The Hall–Kier alpha value is -4.73. The minimum Gasteiger partial charge on any atom is -0.508 e. The molecular formula is C39H44F5N3O2. The van der Waals surface area contributed by atoms with E-state index in [1.165, 1.54) is 12.3 Å². The van der Waals surface area contributed by atoms with Crippen molar-refractivity contribution in [1.82, 2.24) is 10.2 Å². The number of H-pyrrole nitrogens is 1. The molecule has 5 nitrogen and oxygen atoms in total. The van der Waals surface area contributed by atoms with E-state index in [4.69, 9.17) is 10.2 Å². The van der Waals surface area contributed by atoms with Crippen molar-refractivity contribution in [2.24, 2.45) is 4.99 Å². The van der Waals surface area contributed by atoms with Crippen molar-refractivity contribution in [2.75, 3.05) is 6.54 Å². The Morgan fingerprint density at radius 1 is 0.612 bits per heavy atom. The number of phenols is 2. The third-order valence-corrected chi connectivity index (χ3v) is 7.82. The van der Waals surface area contributed by atoms with Crippen LogP contribution in [-0.4, -0.2) is 27.0 Å². The van der Waals surface area contributed by atoms with E-state index < -0.39 is 11.6 Å². The van der Waals surface area contributed by atoms with Crippen molar-refractivity contribution < 1.29 is 32.2 Å². The van der Waals surface area contributed by atoms with Crippen molar-refractivity contribution in [2.45, 2.75) is 79.1 Å². The van der Waals surface area contributed by atoms with Gasteiger partial charge in [0, 0.05) is 29.0 Å². The summed E-state index contributed by atoms with van der Waals surface area (Å²) >= 11 is 0. The predicted octanol–water partition coefficient (Wildman–Crippen LogP) is 9.64. The van der Waals surface area contributed by atoms with Crippen LogP contribution >= 0.6 is 0 Å². The van der Waals surface area contributed by atoms with E-state index in [1.807, 2.05) is 65.8 Å². The maximum absolute atomic E-state index is 13.7. The van der Waals surface area contributed by atoms with Crippen molar-refractivity contribution in [3.8, 4) is 11.5 Å². The molecule has 5 aromatic rings. The van der Waals surface area contributed by atoms with Crippen LogP contribution in [0.2, 0.25) is 0 Å². The third-order valence-electron chi connectivity index (χ3n) is 7.82. The van der Waals surface area contributed by atoms with Crippen LogP contribution in [0.1, 0.15) is 101 Å². The highest BCUT2D eigenvalue weighted by atomic mass is 19.1. The first-order valence-corrected chi connectivity index (χ1v) is 16.1. The maximum Gasteiger partial charge on any atom is 0.137 e. The highest BCUT2D eigenvalue weighted by Crippen LogP contribution is 2.26. The Morgan fingerprint density at radius 2 is 1.14 bits per heavy atom. The Kier molecular flexibility index (Phi) is 13.5. The molecule has 0 aliphatic carbocycles. The zero-order chi connectivity index (χ0) is 36.6. The van der Waals surface area contributed by atoms with Gasteiger partial charge in [-0.05, 0) is 58.6 Å². The summed E-state index contributed by atoms with van der Waals surface area (Å²) in [4.78, 5) is 4.16. The van der Waals surface area contributed by atoms with Gasteiger partial charge in [-0.1, -0.05) is 79.7 Å². The molecule has 2 heterocycles. The zero-order valence-electron chi connectivity index (χ0n) is 29.0. The third kappa shape index (κ3) is 9.90. The first-order chi connectivity index (χ1) is 23.0. The molecule has 0 bridgehead atoms. The standard InChI is InChI=1S/C11H12FN.C10H11FN2.C9H10F2O.C9H11FO/c1-7(2)8-3-4-10-9(11(8)12)5-6-13-10;1-6(2)7-3-4-9-8(10(7)11)5-12-13-9;1-5(2)9-7(10)3-6(12)4-8(9)11;1-6(2)8-4-3-7(11)5-9(8)10/h3-5,7H,6H2,1-2H3;3-6H,1-2H3,(H,12,13);3-5,12H,1-2H3;3-6,11H,1-2H3. The molecular weight excluding hydrogens is 637 g/mol. The molecule has 6 rings (SSSR count). The van der Waals surface area contributed by atoms with Crippen LogP contribution in [0.15, 0.2) is 65.8 Å². The summed E-state index contributed by atoms with van der Waals surface area (Å²) in [6.45, 7) is 15.8. The summed E-state index contributed by atoms with van der Waals surface area (Å²) in [7, 11) is 0. The molecule has 0 saturated carbocycles. The van der Waals surface area contributed by atoms with Crippen molar-refractivity contribution in [1.29, 1.82) is 0 Å². The normalized spacial score (nSPS) is 11.7. The summed E-state index contributed by atoms with van der Waals surface area (Å²) in [6.07, 6.45) is 3.37. The molecule has 3 N–H and O–H groups in total. The van der Waals surface area contributed by atoms with E-state index in [9.17, 15) is 22.0 Å². The average molecular weight is 682 g/mol. The second-order valence-corrected chi connectivity index (χ2v) is 12.9. The van der Waals surface area contributed by atoms with Gasteiger partial charge in [0.2, 0.25) is 0 Å². The average Bonchev–Trinajstić information content (AvgIpc) is 3.68. The number of aromatic hydroxyl groups is 2. The molecule has 1 aliphatic heterocycles. The first kappa shape index (κ1) is 38.7. The van der Waals surface area contributed by atoms with Gasteiger partial charge in [0.05, 0.1) is 29.0 Å². The van der Waals surface area contributed by atoms with Gasteiger partial charge in [-0.2, -0.15) is 5.10 Å². The lowest BCUT2D eigenvalue weighted by Gasteiger charge is -2.08. The number of hydrogen-bond acceptors (Lipinski definition) is 4. The number of aromatic nitrogens is 2. The molecule has 0 saturated heterocycles. The van der Waals surface area contributed by atoms with E-state index in [1.54, 1.807) is 26.0 Å². The molecule has 0 atom stereocenters. The second-order valence-electron chi connectivity index (χ2n) is 12.9. The SMILES string of the molecule is CC(C)c1c(F)cc(O)cc1F.CC(C)c1ccc(O)cc1F.CC(C)c1ccc2[nH]ncc2c1F.CC(C)c1ccc2c(c1F)=CCN=2. The number of nitrogens with one attached hydrogen (secondary N) is 1. The van der Waals surface area contributed by atoms with Gasteiger partial charge in [0.1, 0.15) is 40.6 Å². The zero-order valence-corrected chi connectivity index (χ0v) is 29.0. The van der Waals surface area contributed by atoms with E-state index in [2.05, 4.69) is 15.2 Å². The Balaban J connectivity index is 0.000000177. The highest BCUT2D eigenvalue weighted by molar-refractivity contribution is 5.79. The van der Waals surface area contributed by atoms with E-state index in [-0.39, 0.29) is 58.2 Å². The minimum absolute atomic E-state index is 0.0211. The van der Waals surface area contributed by atoms with Crippen LogP contribution in [0.5, 0.6) is 11.5 Å². The topological polar surface area (TPSA) is 81.5 Å². The molecule has 10 heteroatoms. The van der Waals surface area contributed by atoms with Crippen molar-refractivity contribution in [3.05, 3.63) is 123 Å². The van der Waals surface area contributed by atoms with Crippen LogP contribution < -0.4 is 10.6 Å². The lowest BCUT2D eigenvalue weighted by molar-refractivity contribution is 0.454. The van der Waals surface area contributed by atoms with Crippen LogP contribution in [-0.2, 0) is 0 Å². The predicted molar refractivity (Wildman–Crippen MR) is 185 cm³/mol. The summed E-state index contributed by atoms with van der Waals surface area (Å²) in [5, 5.41) is 26.3. The van der Waals surface area contributed by atoms with Crippen LogP contribution in [0.25, 0.3) is 17.0 Å². The lowest BCUT2D eigenvalue weighted by atomic mass is 10.0. The molecule has 0 amide bonds. The Labute approximate surface area is 283 Å². The van der Waals surface area contributed by atoms with Crippen molar-refractivity contribution in [3.63, 3.8) is 0 Å². The van der Waals surface area contributed by atoms with E-state index in [0.717, 1.165) is 40.2 Å². The van der Waals surface area contributed by atoms with Gasteiger partial charge in [-0.25, -0.2) is 22.0 Å². The van der Waals surface area contributed by atoms with Gasteiger partial charge < -0.3 is 10.2 Å². The monoisotopic (exact) mass is 681 g/mol. The van der Waals surface area contributed by atoms with Crippen LogP contribution in [0.4, 0.5) is 22.0 Å². The fourth-order valence-corrected chi connectivity index (χ4v) is 5.17. The Morgan fingerprint density at radius 3 is 1.69 bits per heavy atom. The fraction of sp³-hybridized carbons (Fsp3) is 0.333. The van der Waals surface area contributed by atoms with Gasteiger partial charge >= 0.3 is 0 Å². The lowest BCUT2D eigenvalue weighted by Crippen LogP contribution is -2.26. The largest absolute Gasteiger partial charge is 0.508 e. The maximum atomic E-state index is 13.7. The number of fused-ring (bicyclic) bond motifs is 2. The first-order valence-electron chi connectivity index (χ1n) is 16.1. The highest BCUT2D eigenvalue weighted by Gasteiger charge is 2.14. The summed E-state index contributed by atoms with van der Waals surface area (Å²) in [6, 6.07) is 13.5. The van der Waals surface area contributed by atoms with E-state index in [0.29, 0.717) is 22.7 Å². The molecule has 0 spiro atoms. The van der Waals surface area contributed by atoms with Gasteiger partial charge in [-0.3, -0.25) is 10.1 Å². The summed E-state index contributed by atoms with van der Waals surface area (Å²) in [5.74, 6) is -1.97. The second kappa shape index (κ2) is 17.1. The van der Waals surface area contributed by atoms with Crippen LogP contribution in [0.3, 0.4) is 0 Å². The molecule has 1 aromatic heterocycles. The number of hydrogen-bond donors (Lipinski definition) is 3. The molecule has 4 aromatic carbocycles. The fourth-order valence-electron chi connectivity index (χ4n) is 5.17. The number of benzene rings is 4. The van der Waals surface area contributed by atoms with E-state index >= 15 is 0 Å². The van der Waals surface area contributed by atoms with Gasteiger partial charge in [0.15, 0.2) is 0 Å². The summed E-state index contributed by atoms with van der Waals surface area (Å²) in [5.41, 5.74) is 2.94. The smallest absolute Gasteiger partial charge is 0.137 e. The number of aromatic amines is 1. The molecule has 1 aliphatic rings. The molecule has 49 heavy (non-hydrogen) atoms. The number of halogens is 5. The number of rotatable bonds is 4. The number of nitrogens with zero attached hydrogens (tertiary/aromatic N) is 2. The quantitative estimate of drug-likeness (QED) is 0.165. The molecule has 0 radical (unpaired) electrons. The number of phenolic OH excluding ortho intramolecular Hbond substituents is 2. The summed E-state index contributed by atoms with van der Waals surface area (Å²) < 4.78 is 66.3. The molecule has 0 fully saturated rings. The Bertz CT molecular complexity index is 1980. The molecule has 0 unspecified atom stereocenters. The van der Waals surface area contributed by atoms with Crippen LogP contribution in [0, 0.1) is 29.1 Å². The van der Waals surface area contributed by atoms with Gasteiger partial charge in [-0.15, -0.1) is 0 Å². The van der Waals surface area contributed by atoms with Gasteiger partial charge in [0.25, 0.3) is 0 Å².